The first-order chi connectivity index (χ1) is 20.2. The number of benzene rings is 1. The first-order valence-corrected chi connectivity index (χ1v) is 15.6. The highest BCUT2D eigenvalue weighted by molar-refractivity contribution is 5.97. The van der Waals surface area contributed by atoms with E-state index in [9.17, 15) is 9.59 Å². The molecule has 0 spiro atoms. The van der Waals surface area contributed by atoms with Crippen LogP contribution in [0.1, 0.15) is 70.9 Å². The minimum absolute atomic E-state index is 0.156. The fourth-order valence-corrected chi connectivity index (χ4v) is 6.78. The highest BCUT2D eigenvalue weighted by Crippen LogP contribution is 2.30. The van der Waals surface area contributed by atoms with Crippen molar-refractivity contribution < 1.29 is 9.53 Å². The number of aryl methyl sites for hydroxylation is 2. The Morgan fingerprint density at radius 1 is 1.10 bits per heavy atom. The average Bonchev–Trinajstić information content (AvgIpc) is 2.96. The summed E-state index contributed by atoms with van der Waals surface area (Å²) < 4.78 is 5.64. The summed E-state index contributed by atoms with van der Waals surface area (Å²) in [7, 11) is 2.18. The van der Waals surface area contributed by atoms with Gasteiger partial charge >= 0.3 is 0 Å². The van der Waals surface area contributed by atoms with Gasteiger partial charge in [0.25, 0.3) is 11.5 Å². The second-order valence-electron chi connectivity index (χ2n) is 12.4. The molecule has 0 aliphatic carbocycles. The van der Waals surface area contributed by atoms with Gasteiger partial charge in [0.2, 0.25) is 0 Å². The molecular formula is C34H47N5O3. The fourth-order valence-electron chi connectivity index (χ4n) is 6.78. The van der Waals surface area contributed by atoms with E-state index in [-0.39, 0.29) is 18.0 Å². The van der Waals surface area contributed by atoms with Crippen LogP contribution in [-0.2, 0) is 11.3 Å². The number of carbonyl (C=O) groups excluding carboxylic acids is 1. The molecule has 1 aromatic heterocycles. The Balaban J connectivity index is 1.39. The van der Waals surface area contributed by atoms with Gasteiger partial charge in [-0.25, -0.2) is 0 Å². The normalized spacial score (nSPS) is 19.2. The van der Waals surface area contributed by atoms with E-state index in [1.165, 1.54) is 13.1 Å². The topological polar surface area (TPSA) is 80.9 Å². The van der Waals surface area contributed by atoms with E-state index in [2.05, 4.69) is 56.9 Å². The molecule has 0 bridgehead atoms. The molecule has 1 amide bonds. The van der Waals surface area contributed by atoms with E-state index in [4.69, 9.17) is 4.74 Å². The van der Waals surface area contributed by atoms with Crippen molar-refractivity contribution in [2.24, 2.45) is 5.92 Å². The first-order valence-electron chi connectivity index (χ1n) is 15.6. The fraction of sp³-hybridized carbons (Fsp3) is 0.588. The number of rotatable bonds is 7. The number of H-pyrrole nitrogens is 1. The minimum Gasteiger partial charge on any atom is -0.381 e. The Bertz CT molecular complexity index is 1390. The number of hydrogen-bond donors (Lipinski definition) is 2. The average molecular weight is 574 g/mol. The number of likely N-dealkylation sites (N-methyl/N-ethyl adjacent to an activating group) is 1. The summed E-state index contributed by atoms with van der Waals surface area (Å²) in [4.78, 5) is 36.5. The van der Waals surface area contributed by atoms with Gasteiger partial charge < -0.3 is 24.8 Å². The maximum absolute atomic E-state index is 13.7. The van der Waals surface area contributed by atoms with E-state index < -0.39 is 0 Å². The second-order valence-corrected chi connectivity index (χ2v) is 12.4. The first kappa shape index (κ1) is 30.3. The van der Waals surface area contributed by atoms with Crippen molar-refractivity contribution in [3.63, 3.8) is 0 Å². The molecule has 8 heteroatoms. The lowest BCUT2D eigenvalue weighted by Gasteiger charge is -2.45. The van der Waals surface area contributed by atoms with Crippen molar-refractivity contribution in [1.82, 2.24) is 20.1 Å². The standard InChI is InChI=1S/C34H47N5O3/c1-6-39(28-11-15-42-16-12-28)32-19-27(8-7-26-9-13-38(14-10-26)29-21-37(5)22-29)18-30(25(32)4)33(40)35-20-31-23(2)17-24(3)36-34(31)41/h17-19,26,28-29H,6,9-16,20-22H2,1-5H3,(H,35,40)(H,36,41). The zero-order valence-electron chi connectivity index (χ0n) is 26.0. The molecule has 1 aromatic carbocycles. The molecule has 2 aromatic rings. The molecule has 0 saturated carbocycles. The number of anilines is 1. The van der Waals surface area contributed by atoms with Gasteiger partial charge in [-0.15, -0.1) is 0 Å². The number of aromatic amines is 1. The Morgan fingerprint density at radius 2 is 1.81 bits per heavy atom. The maximum Gasteiger partial charge on any atom is 0.253 e. The van der Waals surface area contributed by atoms with E-state index in [1.807, 2.05) is 32.9 Å². The number of piperidine rings is 1. The van der Waals surface area contributed by atoms with Gasteiger partial charge in [-0.3, -0.25) is 14.5 Å². The maximum atomic E-state index is 13.7. The Hall–Kier alpha value is -3.12. The van der Waals surface area contributed by atoms with Crippen LogP contribution in [0.5, 0.6) is 0 Å². The highest BCUT2D eigenvalue weighted by atomic mass is 16.5. The molecule has 5 rings (SSSR count). The van der Waals surface area contributed by atoms with Crippen LogP contribution in [-0.4, -0.2) is 85.8 Å². The van der Waals surface area contributed by atoms with Crippen molar-refractivity contribution in [3.05, 3.63) is 62.1 Å². The molecule has 2 N–H and O–H groups in total. The van der Waals surface area contributed by atoms with Crippen molar-refractivity contribution >= 4 is 11.6 Å². The van der Waals surface area contributed by atoms with Crippen LogP contribution in [0.15, 0.2) is 23.0 Å². The molecule has 0 radical (unpaired) electrons. The minimum atomic E-state index is -0.182. The van der Waals surface area contributed by atoms with Crippen LogP contribution >= 0.6 is 0 Å². The van der Waals surface area contributed by atoms with Gasteiger partial charge in [0.05, 0.1) is 0 Å². The molecule has 3 aliphatic heterocycles. The summed E-state index contributed by atoms with van der Waals surface area (Å²) in [6, 6.07) is 7.11. The lowest BCUT2D eigenvalue weighted by atomic mass is 9.94. The zero-order valence-corrected chi connectivity index (χ0v) is 26.0. The summed E-state index contributed by atoms with van der Waals surface area (Å²) in [5.74, 6) is 7.23. The van der Waals surface area contributed by atoms with Gasteiger partial charge in [0.1, 0.15) is 0 Å². The molecule has 8 nitrogen and oxygen atoms in total. The number of amides is 1. The van der Waals surface area contributed by atoms with E-state index in [0.717, 1.165) is 86.6 Å². The van der Waals surface area contributed by atoms with Crippen LogP contribution in [0.25, 0.3) is 0 Å². The number of likely N-dealkylation sites (tertiary alicyclic amines) is 2. The van der Waals surface area contributed by atoms with Crippen LogP contribution in [0.4, 0.5) is 5.69 Å². The van der Waals surface area contributed by atoms with Crippen LogP contribution in [0.2, 0.25) is 0 Å². The summed E-state index contributed by atoms with van der Waals surface area (Å²) in [6.07, 6.45) is 4.12. The van der Waals surface area contributed by atoms with Crippen molar-refractivity contribution in [3.8, 4) is 11.8 Å². The van der Waals surface area contributed by atoms with E-state index in [1.54, 1.807) is 0 Å². The van der Waals surface area contributed by atoms with Crippen molar-refractivity contribution in [2.75, 3.05) is 57.9 Å². The molecule has 4 heterocycles. The predicted molar refractivity (Wildman–Crippen MR) is 168 cm³/mol. The van der Waals surface area contributed by atoms with Gasteiger partial charge in [-0.05, 0) is 103 Å². The largest absolute Gasteiger partial charge is 0.381 e. The molecule has 3 saturated heterocycles. The van der Waals surface area contributed by atoms with Gasteiger partial charge in [0, 0.05) is 85.5 Å². The van der Waals surface area contributed by atoms with Gasteiger partial charge in [0.15, 0.2) is 0 Å². The molecule has 226 valence electrons. The Labute approximate surface area is 250 Å². The van der Waals surface area contributed by atoms with E-state index in [0.29, 0.717) is 29.1 Å². The molecule has 3 aliphatic rings. The number of aromatic nitrogens is 1. The number of nitrogens with zero attached hydrogens (tertiary/aromatic N) is 3. The molecule has 3 fully saturated rings. The summed E-state index contributed by atoms with van der Waals surface area (Å²) >= 11 is 0. The van der Waals surface area contributed by atoms with Crippen LogP contribution in [0.3, 0.4) is 0 Å². The summed E-state index contributed by atoms with van der Waals surface area (Å²) in [5, 5.41) is 3.03. The van der Waals surface area contributed by atoms with Crippen molar-refractivity contribution in [2.45, 2.75) is 72.0 Å². The molecule has 0 unspecified atom stereocenters. The number of ether oxygens (including phenoxy) is 1. The second kappa shape index (κ2) is 13.5. The number of pyridine rings is 1. The van der Waals surface area contributed by atoms with Crippen LogP contribution < -0.4 is 15.8 Å². The molecule has 0 atom stereocenters. The third-order valence-electron chi connectivity index (χ3n) is 9.34. The number of hydrogen-bond acceptors (Lipinski definition) is 6. The Kier molecular flexibility index (Phi) is 9.72. The highest BCUT2D eigenvalue weighted by Gasteiger charge is 2.31. The van der Waals surface area contributed by atoms with Crippen molar-refractivity contribution in [1.29, 1.82) is 0 Å². The predicted octanol–water partition coefficient (Wildman–Crippen LogP) is 3.61. The lowest BCUT2D eigenvalue weighted by molar-refractivity contribution is 0.0346. The number of carbonyl (C=O) groups is 1. The van der Waals surface area contributed by atoms with Crippen LogP contribution in [0, 0.1) is 38.5 Å². The number of nitrogens with one attached hydrogen (secondary N) is 2. The van der Waals surface area contributed by atoms with Gasteiger partial charge in [-0.1, -0.05) is 11.8 Å². The molecular weight excluding hydrogens is 526 g/mol. The Morgan fingerprint density at radius 3 is 2.45 bits per heavy atom. The smallest absolute Gasteiger partial charge is 0.253 e. The SMILES string of the molecule is CCN(c1cc(C#CC2CCN(C3CN(C)C3)CC2)cc(C(=O)NCc2c(C)cc(C)[nH]c2=O)c1C)C1CCOCC1. The summed E-state index contributed by atoms with van der Waals surface area (Å²) in [5.41, 5.74) is 5.62. The lowest BCUT2D eigenvalue weighted by Crippen LogP contribution is -2.59. The zero-order chi connectivity index (χ0) is 29.8. The third kappa shape index (κ3) is 6.91. The molecule has 42 heavy (non-hydrogen) atoms. The quantitative estimate of drug-likeness (QED) is 0.493. The third-order valence-corrected chi connectivity index (χ3v) is 9.34. The van der Waals surface area contributed by atoms with E-state index >= 15 is 0 Å². The van der Waals surface area contributed by atoms with Gasteiger partial charge in [-0.2, -0.15) is 0 Å². The monoisotopic (exact) mass is 573 g/mol. The summed E-state index contributed by atoms with van der Waals surface area (Å²) in [6.45, 7) is 15.1.